The Kier molecular flexibility index (Phi) is 11.1. The molecule has 0 saturated carbocycles. The van der Waals surface area contributed by atoms with Crippen LogP contribution in [0.1, 0.15) is 30.5 Å². The molecule has 0 radical (unpaired) electrons. The molecule has 3 aromatic rings. The summed E-state index contributed by atoms with van der Waals surface area (Å²) in [5.41, 5.74) is 1.16. The summed E-state index contributed by atoms with van der Waals surface area (Å²) in [6.07, 6.45) is -3.99. The molecule has 0 bridgehead atoms. The van der Waals surface area contributed by atoms with Crippen molar-refractivity contribution < 1.29 is 31.5 Å². The van der Waals surface area contributed by atoms with Crippen molar-refractivity contribution >= 4 is 19.2 Å². The van der Waals surface area contributed by atoms with Crippen LogP contribution in [-0.4, -0.2) is 13.2 Å². The van der Waals surface area contributed by atoms with Gasteiger partial charge in [0.1, 0.15) is 11.5 Å². The highest BCUT2D eigenvalue weighted by atomic mass is 35.5. The predicted octanol–water partition coefficient (Wildman–Crippen LogP) is 8.69. The Morgan fingerprint density at radius 2 is 1.38 bits per heavy atom. The summed E-state index contributed by atoms with van der Waals surface area (Å²) < 4.78 is 65.2. The lowest BCUT2D eigenvalue weighted by molar-refractivity contribution is -0.137. The minimum Gasteiger partial charge on any atom is -0.457 e. The van der Waals surface area contributed by atoms with Crippen LogP contribution >= 0.6 is 19.2 Å². The average molecular weight is 515 g/mol. The van der Waals surface area contributed by atoms with E-state index in [0.29, 0.717) is 36.8 Å². The van der Waals surface area contributed by atoms with Crippen LogP contribution in [0.2, 0.25) is 0 Å². The lowest BCUT2D eigenvalue weighted by atomic mass is 10.2. The molecule has 0 N–H and O–H groups in total. The monoisotopic (exact) mass is 514 g/mol. The predicted molar refractivity (Wildman–Crippen MR) is 129 cm³/mol. The Morgan fingerprint density at radius 1 is 0.794 bits per heavy atom. The molecule has 0 aliphatic heterocycles. The molecule has 184 valence electrons. The third kappa shape index (κ3) is 9.51. The van der Waals surface area contributed by atoms with Gasteiger partial charge in [-0.25, -0.2) is 0 Å². The highest BCUT2D eigenvalue weighted by molar-refractivity contribution is 7.53. The Bertz CT molecular complexity index is 1030. The molecular weight excluding hydrogens is 488 g/mol. The van der Waals surface area contributed by atoms with Crippen LogP contribution < -0.4 is 4.74 Å². The Balaban J connectivity index is 0.000000248. The van der Waals surface area contributed by atoms with Gasteiger partial charge in [0.25, 0.3) is 0 Å². The zero-order valence-corrected chi connectivity index (χ0v) is 20.6. The molecule has 0 aliphatic carbocycles. The van der Waals surface area contributed by atoms with E-state index < -0.39 is 19.3 Å². The molecule has 0 unspecified atom stereocenters. The highest BCUT2D eigenvalue weighted by Gasteiger charge is 2.30. The first-order valence-corrected chi connectivity index (χ1v) is 12.9. The minimum absolute atomic E-state index is 0.343. The van der Waals surface area contributed by atoms with Gasteiger partial charge in [-0.1, -0.05) is 42.5 Å². The van der Waals surface area contributed by atoms with E-state index in [4.69, 9.17) is 25.4 Å². The smallest absolute Gasteiger partial charge is 0.416 e. The molecule has 4 nitrogen and oxygen atoms in total. The van der Waals surface area contributed by atoms with E-state index in [1.807, 2.05) is 50.2 Å². The van der Waals surface area contributed by atoms with E-state index in [0.717, 1.165) is 23.3 Å². The minimum atomic E-state index is -4.34. The summed E-state index contributed by atoms with van der Waals surface area (Å²) >= 11 is 5.69. The molecule has 0 amide bonds. The number of benzene rings is 3. The highest BCUT2D eigenvalue weighted by Crippen LogP contribution is 2.51. The van der Waals surface area contributed by atoms with E-state index in [-0.39, 0.29) is 0 Å². The number of halogens is 4. The first kappa shape index (κ1) is 27.9. The lowest BCUT2D eigenvalue weighted by Gasteiger charge is -2.16. The quantitative estimate of drug-likeness (QED) is 0.211. The summed E-state index contributed by atoms with van der Waals surface area (Å²) in [6, 6.07) is 21.2. The maximum atomic E-state index is 12.4. The normalized spacial score (nSPS) is 11.5. The van der Waals surface area contributed by atoms with Crippen molar-refractivity contribution in [3.63, 3.8) is 0 Å². The fourth-order valence-corrected chi connectivity index (χ4v) is 4.74. The van der Waals surface area contributed by atoms with Crippen LogP contribution in [0, 0.1) is 0 Å². The first-order chi connectivity index (χ1) is 16.2. The van der Waals surface area contributed by atoms with E-state index in [2.05, 4.69) is 0 Å². The summed E-state index contributed by atoms with van der Waals surface area (Å²) in [5.74, 6) is 1.24. The number of rotatable bonds is 9. The Hall–Kier alpha value is -2.31. The molecule has 0 fully saturated rings. The van der Waals surface area contributed by atoms with Gasteiger partial charge in [0, 0.05) is 5.88 Å². The summed E-state index contributed by atoms with van der Waals surface area (Å²) in [5, 5.41) is 0. The van der Waals surface area contributed by atoms with E-state index in [1.54, 1.807) is 18.2 Å². The number of hydrogen-bond donors (Lipinski definition) is 0. The molecule has 3 aromatic carbocycles. The zero-order valence-electron chi connectivity index (χ0n) is 18.9. The van der Waals surface area contributed by atoms with Crippen LogP contribution in [0.4, 0.5) is 13.2 Å². The van der Waals surface area contributed by atoms with Gasteiger partial charge in [-0.3, -0.25) is 4.57 Å². The maximum absolute atomic E-state index is 12.4. The number of alkyl halides is 4. The molecule has 9 heteroatoms. The van der Waals surface area contributed by atoms with Gasteiger partial charge in [0.05, 0.1) is 24.9 Å². The summed E-state index contributed by atoms with van der Waals surface area (Å²) in [6.45, 7) is 4.45. The number of ether oxygens (including phenoxy) is 1. The van der Waals surface area contributed by atoms with E-state index in [1.165, 1.54) is 12.1 Å². The van der Waals surface area contributed by atoms with Crippen molar-refractivity contribution in [2.45, 2.75) is 32.1 Å². The SMILES string of the molecule is CCOP(=O)(Cc1ccccc1)OCC.FC(F)(F)c1ccc(Oc2cccc(CCl)c2)cc1. The lowest BCUT2D eigenvalue weighted by Crippen LogP contribution is -2.03. The van der Waals surface area contributed by atoms with Crippen LogP contribution in [0.3, 0.4) is 0 Å². The summed E-state index contributed by atoms with van der Waals surface area (Å²) in [4.78, 5) is 0. The Morgan fingerprint density at radius 3 is 1.91 bits per heavy atom. The topological polar surface area (TPSA) is 44.8 Å². The maximum Gasteiger partial charge on any atom is 0.416 e. The van der Waals surface area contributed by atoms with Gasteiger partial charge in [-0.15, -0.1) is 11.6 Å². The van der Waals surface area contributed by atoms with Crippen molar-refractivity contribution in [3.8, 4) is 11.5 Å². The standard InChI is InChI=1S/C14H10ClF3O.C11H17O3P/c15-9-10-2-1-3-13(8-10)19-12-6-4-11(5-7-12)14(16,17)18;1-3-13-15(12,14-4-2)10-11-8-6-5-7-9-11/h1-8H,9H2;5-9H,3-4,10H2,1-2H3. The van der Waals surface area contributed by atoms with Gasteiger partial charge in [0.2, 0.25) is 0 Å². The van der Waals surface area contributed by atoms with Gasteiger partial charge in [-0.05, 0) is 61.4 Å². The second-order valence-electron chi connectivity index (χ2n) is 7.00. The molecule has 3 rings (SSSR count). The van der Waals surface area contributed by atoms with Crippen LogP contribution in [0.25, 0.3) is 0 Å². The van der Waals surface area contributed by atoms with Gasteiger partial charge in [-0.2, -0.15) is 13.2 Å². The molecule has 0 aliphatic rings. The molecule has 0 saturated heterocycles. The van der Waals surface area contributed by atoms with E-state index >= 15 is 0 Å². The number of hydrogen-bond acceptors (Lipinski definition) is 4. The van der Waals surface area contributed by atoms with E-state index in [9.17, 15) is 17.7 Å². The molecule has 0 atom stereocenters. The van der Waals surface area contributed by atoms with Crippen molar-refractivity contribution in [1.29, 1.82) is 0 Å². The third-order valence-electron chi connectivity index (χ3n) is 4.34. The van der Waals surface area contributed by atoms with Crippen molar-refractivity contribution in [2.75, 3.05) is 13.2 Å². The van der Waals surface area contributed by atoms with Crippen molar-refractivity contribution in [2.24, 2.45) is 0 Å². The van der Waals surface area contributed by atoms with Crippen molar-refractivity contribution in [3.05, 3.63) is 95.6 Å². The van der Waals surface area contributed by atoms with Gasteiger partial charge < -0.3 is 13.8 Å². The second kappa shape index (κ2) is 13.5. The average Bonchev–Trinajstić information content (AvgIpc) is 2.80. The van der Waals surface area contributed by atoms with Crippen molar-refractivity contribution in [1.82, 2.24) is 0 Å². The second-order valence-corrected chi connectivity index (χ2v) is 9.32. The molecule has 0 heterocycles. The molecule has 0 aromatic heterocycles. The van der Waals surface area contributed by atoms with Crippen LogP contribution in [0.5, 0.6) is 11.5 Å². The van der Waals surface area contributed by atoms with Crippen LogP contribution in [-0.2, 0) is 31.8 Å². The fraction of sp³-hybridized carbons (Fsp3) is 0.280. The molecule has 0 spiro atoms. The third-order valence-corrected chi connectivity index (χ3v) is 6.70. The largest absolute Gasteiger partial charge is 0.457 e. The zero-order chi connectivity index (χ0) is 25.0. The molecular formula is C25H27ClF3O4P. The van der Waals surface area contributed by atoms with Gasteiger partial charge in [0.15, 0.2) is 0 Å². The summed E-state index contributed by atoms with van der Waals surface area (Å²) in [7, 11) is -2.94. The molecule has 34 heavy (non-hydrogen) atoms. The van der Waals surface area contributed by atoms with Gasteiger partial charge >= 0.3 is 13.8 Å². The first-order valence-electron chi connectivity index (χ1n) is 10.6. The van der Waals surface area contributed by atoms with Crippen LogP contribution in [0.15, 0.2) is 78.9 Å². The Labute approximate surface area is 203 Å². The fourth-order valence-electron chi connectivity index (χ4n) is 2.87.